The third-order valence-corrected chi connectivity index (χ3v) is 11.9. The van der Waals surface area contributed by atoms with Crippen LogP contribution in [0.4, 0.5) is 0 Å². The van der Waals surface area contributed by atoms with Crippen molar-refractivity contribution in [2.75, 3.05) is 0 Å². The summed E-state index contributed by atoms with van der Waals surface area (Å²) in [6.07, 6.45) is 3.92. The van der Waals surface area contributed by atoms with Gasteiger partial charge in [-0.1, -0.05) is 179 Å². The zero-order valence-corrected chi connectivity index (χ0v) is 33.4. The second-order valence-electron chi connectivity index (χ2n) is 14.9. The summed E-state index contributed by atoms with van der Waals surface area (Å²) in [4.78, 5) is 11.1. The number of aromatic nitrogens is 3. The Labute approximate surface area is 347 Å². The molecule has 12 rings (SSSR count). The average molecular weight is 770 g/mol. The van der Waals surface area contributed by atoms with E-state index in [0.717, 1.165) is 110 Å². The molecule has 0 aliphatic rings. The maximum atomic E-state index is 6.63. The fraction of sp³-hybridized carbons (Fsp3) is 0.0357. The van der Waals surface area contributed by atoms with Gasteiger partial charge in [-0.15, -0.1) is 0 Å². The largest absolute Gasteiger partial charge is 0.456 e. The van der Waals surface area contributed by atoms with Crippen molar-refractivity contribution in [3.63, 3.8) is 0 Å². The first-order valence-electron chi connectivity index (χ1n) is 20.6. The number of hydrogen-bond donors (Lipinski definition) is 0. The number of hydrogen-bond acceptors (Lipinski definition) is 3. The Kier molecular flexibility index (Phi) is 8.21. The number of nitrogens with zero attached hydrogens (tertiary/aromatic N) is 3. The van der Waals surface area contributed by atoms with Crippen LogP contribution in [0.5, 0.6) is 0 Å². The number of furan rings is 1. The van der Waals surface area contributed by atoms with E-state index in [9.17, 15) is 0 Å². The summed E-state index contributed by atoms with van der Waals surface area (Å²) in [5.74, 6) is 0.595. The van der Waals surface area contributed by atoms with Crippen LogP contribution in [0.15, 0.2) is 181 Å². The van der Waals surface area contributed by atoms with Gasteiger partial charge >= 0.3 is 0 Å². The van der Waals surface area contributed by atoms with Crippen LogP contribution in [0.1, 0.15) is 25.0 Å². The minimum Gasteiger partial charge on any atom is -0.456 e. The molecule has 0 aliphatic heterocycles. The summed E-state index contributed by atoms with van der Waals surface area (Å²) < 4.78 is 8.93. The average Bonchev–Trinajstić information content (AvgIpc) is 3.88. The standard InChI is InChI=1S/C54H33N3O.C2H6/c1-3-36-37(4-2)49-44-24-14-23-40(35-26-28-43-47(31-35)58-46-30-27-32-15-8-10-19-38(32)48(43)46)52(44)57(53(49)42-22-13-12-21-41(36)42)54-55-50(34-17-6-5-7-18-34)45-29-25-33-16-9-11-20-39(33)51(45)56-54;1-2/h3-31H,1-2H2;1-2H3. The molecule has 284 valence electrons. The van der Waals surface area contributed by atoms with Crippen LogP contribution in [0, 0.1) is 0 Å². The van der Waals surface area contributed by atoms with E-state index in [2.05, 4.69) is 175 Å². The summed E-state index contributed by atoms with van der Waals surface area (Å²) in [7, 11) is 0. The van der Waals surface area contributed by atoms with Gasteiger partial charge in [0.1, 0.15) is 11.2 Å². The molecule has 3 heterocycles. The molecule has 9 aromatic carbocycles. The van der Waals surface area contributed by atoms with Crippen molar-refractivity contribution in [2.24, 2.45) is 0 Å². The van der Waals surface area contributed by atoms with Gasteiger partial charge in [0.05, 0.1) is 22.2 Å². The molecule has 0 saturated heterocycles. The minimum absolute atomic E-state index is 0.595. The van der Waals surface area contributed by atoms with Gasteiger partial charge in [0.2, 0.25) is 5.95 Å². The lowest BCUT2D eigenvalue weighted by Crippen LogP contribution is -2.05. The van der Waals surface area contributed by atoms with Crippen LogP contribution in [0.25, 0.3) is 127 Å². The smallest absolute Gasteiger partial charge is 0.235 e. The van der Waals surface area contributed by atoms with E-state index in [0.29, 0.717) is 5.95 Å². The van der Waals surface area contributed by atoms with Crippen LogP contribution in [0.2, 0.25) is 0 Å². The first-order valence-corrected chi connectivity index (χ1v) is 20.6. The first-order chi connectivity index (χ1) is 29.7. The second kappa shape index (κ2) is 13.9. The quantitative estimate of drug-likeness (QED) is 0.164. The molecule has 0 atom stereocenters. The molecule has 0 N–H and O–H groups in total. The highest BCUT2D eigenvalue weighted by Gasteiger charge is 2.25. The zero-order valence-electron chi connectivity index (χ0n) is 33.4. The highest BCUT2D eigenvalue weighted by Crippen LogP contribution is 2.46. The molecule has 0 amide bonds. The molecule has 0 radical (unpaired) electrons. The molecule has 12 aromatic rings. The van der Waals surface area contributed by atoms with Crippen LogP contribution in [0.3, 0.4) is 0 Å². The molecule has 3 aromatic heterocycles. The Bertz CT molecular complexity index is 3720. The van der Waals surface area contributed by atoms with Gasteiger partial charge in [-0.05, 0) is 62.5 Å². The molecule has 4 heteroatoms. The Balaban J connectivity index is 0.00000201. The lowest BCUT2D eigenvalue weighted by molar-refractivity contribution is 0.669. The van der Waals surface area contributed by atoms with Crippen molar-refractivity contribution in [2.45, 2.75) is 13.8 Å². The lowest BCUT2D eigenvalue weighted by atomic mass is 9.93. The van der Waals surface area contributed by atoms with E-state index in [4.69, 9.17) is 14.4 Å². The molecule has 0 bridgehead atoms. The van der Waals surface area contributed by atoms with Crippen molar-refractivity contribution in [1.29, 1.82) is 0 Å². The SMILES string of the molecule is C=Cc1c(C=C)c2c3cccc(-c4ccc5c(c4)oc4ccc6ccccc6c45)c3n(-c3nc(-c4ccccc4)c4ccc5ccccc5c4n3)c2c2ccccc12.CC. The highest BCUT2D eigenvalue weighted by molar-refractivity contribution is 6.26. The van der Waals surface area contributed by atoms with E-state index in [1.165, 1.54) is 10.8 Å². The number of rotatable bonds is 5. The molecule has 4 nitrogen and oxygen atoms in total. The number of benzene rings is 9. The van der Waals surface area contributed by atoms with Crippen molar-refractivity contribution in [1.82, 2.24) is 14.5 Å². The minimum atomic E-state index is 0.595. The van der Waals surface area contributed by atoms with E-state index in [1.807, 2.05) is 32.1 Å². The Morgan fingerprint density at radius 1 is 0.467 bits per heavy atom. The summed E-state index contributed by atoms with van der Waals surface area (Å²) in [5.41, 5.74) is 10.7. The summed E-state index contributed by atoms with van der Waals surface area (Å²) in [6, 6.07) is 57.7. The Morgan fingerprint density at radius 2 is 1.12 bits per heavy atom. The van der Waals surface area contributed by atoms with Gasteiger partial charge < -0.3 is 4.42 Å². The third-order valence-electron chi connectivity index (χ3n) is 11.9. The van der Waals surface area contributed by atoms with Gasteiger partial charge in [-0.25, -0.2) is 9.97 Å². The van der Waals surface area contributed by atoms with Crippen LogP contribution >= 0.6 is 0 Å². The van der Waals surface area contributed by atoms with E-state index < -0.39 is 0 Å². The zero-order chi connectivity index (χ0) is 40.5. The van der Waals surface area contributed by atoms with Gasteiger partial charge in [-0.2, -0.15) is 0 Å². The molecule has 0 fully saturated rings. The van der Waals surface area contributed by atoms with Crippen LogP contribution in [-0.4, -0.2) is 14.5 Å². The maximum Gasteiger partial charge on any atom is 0.235 e. The molecule has 0 saturated carbocycles. The van der Waals surface area contributed by atoms with Crippen LogP contribution in [-0.2, 0) is 0 Å². The number of fused-ring (bicyclic) bond motifs is 13. The van der Waals surface area contributed by atoms with Crippen molar-refractivity contribution in [3.05, 3.63) is 188 Å². The topological polar surface area (TPSA) is 43.9 Å². The highest BCUT2D eigenvalue weighted by atomic mass is 16.3. The fourth-order valence-corrected chi connectivity index (χ4v) is 9.42. The normalized spacial score (nSPS) is 11.6. The first kappa shape index (κ1) is 35.4. The molecule has 0 spiro atoms. The number of para-hydroxylation sites is 1. The fourth-order valence-electron chi connectivity index (χ4n) is 9.42. The third kappa shape index (κ3) is 5.11. The monoisotopic (exact) mass is 769 g/mol. The van der Waals surface area contributed by atoms with Crippen LogP contribution < -0.4 is 0 Å². The maximum absolute atomic E-state index is 6.63. The molecule has 0 unspecified atom stereocenters. The summed E-state index contributed by atoms with van der Waals surface area (Å²) in [5, 5.41) is 12.2. The van der Waals surface area contributed by atoms with E-state index >= 15 is 0 Å². The van der Waals surface area contributed by atoms with Gasteiger partial charge in [0.15, 0.2) is 0 Å². The summed E-state index contributed by atoms with van der Waals surface area (Å²) in [6.45, 7) is 12.7. The van der Waals surface area contributed by atoms with E-state index in [-0.39, 0.29) is 0 Å². The second-order valence-corrected chi connectivity index (χ2v) is 14.9. The molecular weight excluding hydrogens is 731 g/mol. The van der Waals surface area contributed by atoms with E-state index in [1.54, 1.807) is 0 Å². The molecular formula is C56H39N3O. The Morgan fingerprint density at radius 3 is 1.90 bits per heavy atom. The predicted molar refractivity (Wildman–Crippen MR) is 256 cm³/mol. The van der Waals surface area contributed by atoms with Crippen molar-refractivity contribution >= 4 is 99.1 Å². The van der Waals surface area contributed by atoms with Gasteiger partial charge in [0, 0.05) is 48.8 Å². The lowest BCUT2D eigenvalue weighted by Gasteiger charge is -2.16. The Hall–Kier alpha value is -7.82. The molecule has 0 aliphatic carbocycles. The molecule has 60 heavy (non-hydrogen) atoms. The van der Waals surface area contributed by atoms with Gasteiger partial charge in [-0.3, -0.25) is 4.57 Å². The van der Waals surface area contributed by atoms with Gasteiger partial charge in [0.25, 0.3) is 0 Å². The summed E-state index contributed by atoms with van der Waals surface area (Å²) >= 11 is 0. The van der Waals surface area contributed by atoms with Crippen molar-refractivity contribution in [3.8, 4) is 28.3 Å². The van der Waals surface area contributed by atoms with Crippen molar-refractivity contribution < 1.29 is 4.42 Å². The predicted octanol–water partition coefficient (Wildman–Crippen LogP) is 15.7.